The third-order valence-corrected chi connectivity index (χ3v) is 5.08. The van der Waals surface area contributed by atoms with Crippen molar-refractivity contribution in [2.45, 2.75) is 0 Å². The quantitative estimate of drug-likeness (QED) is 0.295. The molecular weight excluding hydrogens is 406 g/mol. The Labute approximate surface area is 195 Å². The molecule has 4 rings (SSSR count). The summed E-state index contributed by atoms with van der Waals surface area (Å²) in [5, 5.41) is 9.05. The van der Waals surface area contributed by atoms with Gasteiger partial charge in [0.1, 0.15) is 0 Å². The second kappa shape index (κ2) is 10.3. The van der Waals surface area contributed by atoms with Gasteiger partial charge in [0, 0.05) is 36.8 Å². The van der Waals surface area contributed by atoms with Gasteiger partial charge in [0.25, 0.3) is 0 Å². The number of aliphatic imine (C=N–C) groups is 1. The SMILES string of the molecule is CN(C)C(=NC(=N)N(c1ccccc1)c1ccccc1)N(c1ccccc1)c1ccccc1. The van der Waals surface area contributed by atoms with E-state index < -0.39 is 0 Å². The molecule has 0 aliphatic rings. The monoisotopic (exact) mass is 433 g/mol. The number of rotatable bonds is 4. The Hall–Kier alpha value is -4.38. The molecule has 164 valence electrons. The standard InChI is InChI=1S/C28H27N5/c1-31(2)28(33(25-19-11-5-12-20-25)26-21-13-6-14-22-26)30-27(29)32(23-15-7-3-8-16-23)24-17-9-4-10-18-24/h3-22,29H,1-2H3. The van der Waals surface area contributed by atoms with E-state index >= 15 is 0 Å². The minimum atomic E-state index is 0.118. The summed E-state index contributed by atoms with van der Waals surface area (Å²) >= 11 is 0. The minimum absolute atomic E-state index is 0.118. The van der Waals surface area contributed by atoms with E-state index in [1.165, 1.54) is 0 Å². The van der Waals surface area contributed by atoms with E-state index in [1.807, 2.05) is 145 Å². The lowest BCUT2D eigenvalue weighted by molar-refractivity contribution is 0.612. The van der Waals surface area contributed by atoms with E-state index in [0.717, 1.165) is 22.7 Å². The lowest BCUT2D eigenvalue weighted by atomic mass is 10.2. The molecule has 0 aromatic heterocycles. The van der Waals surface area contributed by atoms with E-state index in [-0.39, 0.29) is 5.96 Å². The fraction of sp³-hybridized carbons (Fsp3) is 0.0714. The highest BCUT2D eigenvalue weighted by Gasteiger charge is 2.21. The van der Waals surface area contributed by atoms with Gasteiger partial charge in [0.2, 0.25) is 11.9 Å². The van der Waals surface area contributed by atoms with Crippen molar-refractivity contribution in [3.63, 3.8) is 0 Å². The third kappa shape index (κ3) is 5.10. The van der Waals surface area contributed by atoms with Crippen LogP contribution in [0, 0.1) is 5.41 Å². The lowest BCUT2D eigenvalue weighted by Crippen LogP contribution is -2.39. The maximum absolute atomic E-state index is 9.05. The zero-order chi connectivity index (χ0) is 23.0. The molecule has 0 spiro atoms. The van der Waals surface area contributed by atoms with Gasteiger partial charge in [-0.25, -0.2) is 0 Å². The Morgan fingerprint density at radius 2 is 0.818 bits per heavy atom. The summed E-state index contributed by atoms with van der Waals surface area (Å²) in [5.41, 5.74) is 3.69. The highest BCUT2D eigenvalue weighted by molar-refractivity contribution is 6.12. The molecule has 1 N–H and O–H groups in total. The van der Waals surface area contributed by atoms with Crippen molar-refractivity contribution in [3.8, 4) is 0 Å². The number of benzene rings is 4. The van der Waals surface area contributed by atoms with Crippen LogP contribution in [0.5, 0.6) is 0 Å². The van der Waals surface area contributed by atoms with Crippen molar-refractivity contribution in [2.75, 3.05) is 23.9 Å². The Kier molecular flexibility index (Phi) is 6.81. The fourth-order valence-electron chi connectivity index (χ4n) is 3.58. The van der Waals surface area contributed by atoms with Crippen LogP contribution in [0.15, 0.2) is 126 Å². The summed E-state index contributed by atoms with van der Waals surface area (Å²) < 4.78 is 0. The number of nitrogens with one attached hydrogen (secondary N) is 1. The molecule has 0 heterocycles. The van der Waals surface area contributed by atoms with Crippen molar-refractivity contribution < 1.29 is 0 Å². The summed E-state index contributed by atoms with van der Waals surface area (Å²) in [4.78, 5) is 10.7. The number of anilines is 4. The van der Waals surface area contributed by atoms with Gasteiger partial charge < -0.3 is 4.90 Å². The molecule has 0 bridgehead atoms. The molecule has 4 aromatic rings. The summed E-state index contributed by atoms with van der Waals surface area (Å²) in [6.45, 7) is 0. The van der Waals surface area contributed by atoms with Crippen LogP contribution in [-0.4, -0.2) is 30.9 Å². The Morgan fingerprint density at radius 3 is 1.12 bits per heavy atom. The van der Waals surface area contributed by atoms with Crippen LogP contribution in [0.3, 0.4) is 0 Å². The van der Waals surface area contributed by atoms with Gasteiger partial charge >= 0.3 is 0 Å². The maximum Gasteiger partial charge on any atom is 0.230 e. The van der Waals surface area contributed by atoms with Gasteiger partial charge in [-0.15, -0.1) is 0 Å². The van der Waals surface area contributed by atoms with Crippen LogP contribution >= 0.6 is 0 Å². The molecule has 0 fully saturated rings. The molecule has 0 aliphatic carbocycles. The minimum Gasteiger partial charge on any atom is -0.348 e. The molecule has 0 unspecified atom stereocenters. The zero-order valence-electron chi connectivity index (χ0n) is 18.8. The molecular formula is C28H27N5. The van der Waals surface area contributed by atoms with Crippen molar-refractivity contribution >= 4 is 34.7 Å². The van der Waals surface area contributed by atoms with Gasteiger partial charge in [-0.3, -0.25) is 15.2 Å². The molecule has 0 saturated carbocycles. The number of hydrogen-bond acceptors (Lipinski definition) is 1. The van der Waals surface area contributed by atoms with Gasteiger partial charge in [-0.1, -0.05) is 72.8 Å². The topological polar surface area (TPSA) is 45.9 Å². The highest BCUT2D eigenvalue weighted by Crippen LogP contribution is 2.28. The maximum atomic E-state index is 9.05. The fourth-order valence-corrected chi connectivity index (χ4v) is 3.58. The van der Waals surface area contributed by atoms with Crippen molar-refractivity contribution in [1.82, 2.24) is 4.90 Å². The summed E-state index contributed by atoms with van der Waals surface area (Å²) in [5.74, 6) is 0.752. The van der Waals surface area contributed by atoms with Crippen LogP contribution in [0.1, 0.15) is 0 Å². The summed E-state index contributed by atoms with van der Waals surface area (Å²) in [6.07, 6.45) is 0. The average Bonchev–Trinajstić information content (AvgIpc) is 2.86. The van der Waals surface area contributed by atoms with E-state index in [2.05, 4.69) is 4.90 Å². The first-order valence-corrected chi connectivity index (χ1v) is 10.8. The first-order chi connectivity index (χ1) is 16.1. The molecule has 0 saturated heterocycles. The van der Waals surface area contributed by atoms with Gasteiger partial charge in [-0.05, 0) is 48.5 Å². The molecule has 5 heteroatoms. The summed E-state index contributed by atoms with van der Waals surface area (Å²) in [7, 11) is 3.89. The normalized spacial score (nSPS) is 11.0. The van der Waals surface area contributed by atoms with Crippen LogP contribution in [0.2, 0.25) is 0 Å². The molecule has 0 aliphatic heterocycles. The zero-order valence-corrected chi connectivity index (χ0v) is 18.8. The van der Waals surface area contributed by atoms with E-state index in [4.69, 9.17) is 10.4 Å². The summed E-state index contributed by atoms with van der Waals surface area (Å²) in [6, 6.07) is 39.9. The Morgan fingerprint density at radius 1 is 0.515 bits per heavy atom. The number of hydrogen-bond donors (Lipinski definition) is 1. The molecule has 0 amide bonds. The number of para-hydroxylation sites is 4. The van der Waals surface area contributed by atoms with Gasteiger partial charge in [0.05, 0.1) is 0 Å². The first kappa shape index (κ1) is 21.8. The lowest BCUT2D eigenvalue weighted by Gasteiger charge is -2.31. The van der Waals surface area contributed by atoms with E-state index in [0.29, 0.717) is 5.96 Å². The van der Waals surface area contributed by atoms with Crippen LogP contribution < -0.4 is 9.80 Å². The van der Waals surface area contributed by atoms with Crippen molar-refractivity contribution in [1.29, 1.82) is 5.41 Å². The second-order valence-electron chi connectivity index (χ2n) is 7.64. The molecule has 4 aromatic carbocycles. The average molecular weight is 434 g/mol. The number of guanidine groups is 2. The highest BCUT2D eigenvalue weighted by atomic mass is 15.4. The molecule has 0 atom stereocenters. The van der Waals surface area contributed by atoms with Crippen LogP contribution in [0.25, 0.3) is 0 Å². The first-order valence-electron chi connectivity index (χ1n) is 10.8. The van der Waals surface area contributed by atoms with Gasteiger partial charge in [0.15, 0.2) is 0 Å². The predicted octanol–water partition coefficient (Wildman–Crippen LogP) is 6.52. The second-order valence-corrected chi connectivity index (χ2v) is 7.64. The molecule has 5 nitrogen and oxygen atoms in total. The number of nitrogens with zero attached hydrogens (tertiary/aromatic N) is 4. The third-order valence-electron chi connectivity index (χ3n) is 5.08. The largest absolute Gasteiger partial charge is 0.348 e. The van der Waals surface area contributed by atoms with Crippen LogP contribution in [-0.2, 0) is 0 Å². The van der Waals surface area contributed by atoms with Crippen molar-refractivity contribution in [2.24, 2.45) is 4.99 Å². The van der Waals surface area contributed by atoms with E-state index in [1.54, 1.807) is 0 Å². The van der Waals surface area contributed by atoms with E-state index in [9.17, 15) is 0 Å². The Bertz CT molecular complexity index is 1110. The Balaban J connectivity index is 1.83. The smallest absolute Gasteiger partial charge is 0.230 e. The molecule has 33 heavy (non-hydrogen) atoms. The predicted molar refractivity (Wildman–Crippen MR) is 139 cm³/mol. The van der Waals surface area contributed by atoms with Crippen molar-refractivity contribution in [3.05, 3.63) is 121 Å². The van der Waals surface area contributed by atoms with Crippen LogP contribution in [0.4, 0.5) is 22.7 Å². The van der Waals surface area contributed by atoms with Gasteiger partial charge in [-0.2, -0.15) is 4.99 Å². The molecule has 0 radical (unpaired) electrons.